The average Bonchev–Trinajstić information content (AvgIpc) is 2.50. The number of aliphatic hydroxyl groups excluding tert-OH is 1. The van der Waals surface area contributed by atoms with E-state index in [9.17, 15) is 17.9 Å². The molecule has 0 unspecified atom stereocenters. The van der Waals surface area contributed by atoms with Crippen molar-refractivity contribution in [3.8, 4) is 0 Å². The molecule has 1 saturated heterocycles. The van der Waals surface area contributed by atoms with E-state index in [0.717, 1.165) is 6.42 Å². The van der Waals surface area contributed by atoms with Crippen LogP contribution in [0.5, 0.6) is 0 Å². The Morgan fingerprint density at radius 1 is 1.41 bits per heavy atom. The van der Waals surface area contributed by atoms with Crippen molar-refractivity contribution in [2.75, 3.05) is 19.7 Å². The highest BCUT2D eigenvalue weighted by Crippen LogP contribution is 2.35. The summed E-state index contributed by atoms with van der Waals surface area (Å²) in [4.78, 5) is 0. The van der Waals surface area contributed by atoms with Crippen LogP contribution in [0.15, 0.2) is 36.9 Å². The van der Waals surface area contributed by atoms with E-state index in [-0.39, 0.29) is 24.5 Å². The fourth-order valence-corrected chi connectivity index (χ4v) is 4.66. The molecule has 1 aromatic carbocycles. The molecule has 1 atom stereocenters. The third-order valence-corrected chi connectivity index (χ3v) is 6.00. The van der Waals surface area contributed by atoms with Crippen LogP contribution in [-0.4, -0.2) is 37.5 Å². The average molecular weight is 327 g/mol. The van der Waals surface area contributed by atoms with Gasteiger partial charge in [-0.3, -0.25) is 0 Å². The van der Waals surface area contributed by atoms with E-state index in [2.05, 4.69) is 6.58 Å². The molecule has 1 N–H and O–H groups in total. The lowest BCUT2D eigenvalue weighted by Crippen LogP contribution is -2.48. The summed E-state index contributed by atoms with van der Waals surface area (Å²) >= 11 is 0. The summed E-state index contributed by atoms with van der Waals surface area (Å²) in [5.41, 5.74) is -0.297. The SMILES string of the molecule is C=CC[C@@]1(CO)CCCN(S(=O)(=O)Cc2ccccc2F)C1. The predicted molar refractivity (Wildman–Crippen MR) is 84.2 cm³/mol. The quantitative estimate of drug-likeness (QED) is 0.816. The van der Waals surface area contributed by atoms with Crippen molar-refractivity contribution in [3.63, 3.8) is 0 Å². The number of halogens is 1. The molecular weight excluding hydrogens is 305 g/mol. The normalized spacial score (nSPS) is 23.4. The Labute approximate surface area is 131 Å². The summed E-state index contributed by atoms with van der Waals surface area (Å²) in [7, 11) is -3.61. The van der Waals surface area contributed by atoms with Gasteiger partial charge in [0, 0.05) is 24.1 Å². The van der Waals surface area contributed by atoms with Gasteiger partial charge in [-0.1, -0.05) is 24.3 Å². The van der Waals surface area contributed by atoms with Gasteiger partial charge in [-0.25, -0.2) is 17.1 Å². The summed E-state index contributed by atoms with van der Waals surface area (Å²) in [6.07, 6.45) is 3.73. The molecule has 22 heavy (non-hydrogen) atoms. The van der Waals surface area contributed by atoms with Crippen LogP contribution in [0.2, 0.25) is 0 Å². The molecule has 4 nitrogen and oxygen atoms in total. The summed E-state index contributed by atoms with van der Waals surface area (Å²) in [5.74, 6) is -0.863. The fraction of sp³-hybridized carbons (Fsp3) is 0.500. The van der Waals surface area contributed by atoms with Gasteiger partial charge in [0.15, 0.2) is 0 Å². The lowest BCUT2D eigenvalue weighted by molar-refractivity contribution is 0.0669. The highest BCUT2D eigenvalue weighted by atomic mass is 32.2. The molecule has 1 fully saturated rings. The largest absolute Gasteiger partial charge is 0.396 e. The van der Waals surface area contributed by atoms with E-state index in [0.29, 0.717) is 19.4 Å². The van der Waals surface area contributed by atoms with E-state index < -0.39 is 21.3 Å². The molecule has 6 heteroatoms. The van der Waals surface area contributed by atoms with Gasteiger partial charge in [0.1, 0.15) is 5.82 Å². The van der Waals surface area contributed by atoms with E-state index in [1.165, 1.54) is 22.5 Å². The topological polar surface area (TPSA) is 57.6 Å². The van der Waals surface area contributed by atoms with Gasteiger partial charge in [0.2, 0.25) is 10.0 Å². The van der Waals surface area contributed by atoms with Crippen molar-refractivity contribution in [2.45, 2.75) is 25.0 Å². The number of allylic oxidation sites excluding steroid dienone is 1. The lowest BCUT2D eigenvalue weighted by Gasteiger charge is -2.40. The first-order valence-corrected chi connectivity index (χ1v) is 8.96. The minimum Gasteiger partial charge on any atom is -0.396 e. The van der Waals surface area contributed by atoms with Gasteiger partial charge in [-0.15, -0.1) is 6.58 Å². The van der Waals surface area contributed by atoms with Crippen molar-refractivity contribution < 1.29 is 17.9 Å². The second kappa shape index (κ2) is 6.89. The number of hydrogen-bond acceptors (Lipinski definition) is 3. The van der Waals surface area contributed by atoms with Crippen LogP contribution in [0, 0.1) is 11.2 Å². The molecule has 0 radical (unpaired) electrons. The van der Waals surface area contributed by atoms with Crippen LogP contribution in [0.3, 0.4) is 0 Å². The maximum Gasteiger partial charge on any atom is 0.218 e. The molecule has 0 aromatic heterocycles. The fourth-order valence-electron chi connectivity index (χ4n) is 2.97. The first-order chi connectivity index (χ1) is 10.4. The van der Waals surface area contributed by atoms with Crippen LogP contribution in [0.4, 0.5) is 4.39 Å². The molecule has 0 bridgehead atoms. The highest BCUT2D eigenvalue weighted by molar-refractivity contribution is 7.88. The molecule has 122 valence electrons. The zero-order valence-corrected chi connectivity index (χ0v) is 13.4. The number of nitrogens with zero attached hydrogens (tertiary/aromatic N) is 1. The van der Waals surface area contributed by atoms with Crippen LogP contribution in [-0.2, 0) is 15.8 Å². The summed E-state index contributed by atoms with van der Waals surface area (Å²) < 4.78 is 40.2. The minimum absolute atomic E-state index is 0.0786. The molecule has 1 aliphatic rings. The van der Waals surface area contributed by atoms with Gasteiger partial charge in [-0.05, 0) is 25.3 Å². The molecule has 2 rings (SSSR count). The van der Waals surface area contributed by atoms with Crippen LogP contribution < -0.4 is 0 Å². The molecule has 0 amide bonds. The number of benzene rings is 1. The number of rotatable bonds is 6. The van der Waals surface area contributed by atoms with E-state index in [1.807, 2.05) is 0 Å². The molecule has 1 heterocycles. The van der Waals surface area contributed by atoms with Crippen molar-refractivity contribution in [1.29, 1.82) is 0 Å². The van der Waals surface area contributed by atoms with Gasteiger partial charge < -0.3 is 5.11 Å². The van der Waals surface area contributed by atoms with Gasteiger partial charge >= 0.3 is 0 Å². The molecule has 0 saturated carbocycles. The van der Waals surface area contributed by atoms with Crippen molar-refractivity contribution in [3.05, 3.63) is 48.3 Å². The monoisotopic (exact) mass is 327 g/mol. The van der Waals surface area contributed by atoms with E-state index >= 15 is 0 Å². The van der Waals surface area contributed by atoms with Crippen LogP contribution in [0.1, 0.15) is 24.8 Å². The first-order valence-electron chi connectivity index (χ1n) is 7.35. The van der Waals surface area contributed by atoms with Crippen LogP contribution >= 0.6 is 0 Å². The molecule has 1 aromatic rings. The Kier molecular flexibility index (Phi) is 5.36. The second-order valence-corrected chi connectivity index (χ2v) is 7.90. The van der Waals surface area contributed by atoms with Crippen LogP contribution in [0.25, 0.3) is 0 Å². The highest BCUT2D eigenvalue weighted by Gasteiger charge is 2.38. The summed E-state index contributed by atoms with van der Waals surface area (Å²) in [6, 6.07) is 5.91. The Bertz CT molecular complexity index is 632. The number of hydrogen-bond donors (Lipinski definition) is 1. The van der Waals surface area contributed by atoms with Crippen molar-refractivity contribution >= 4 is 10.0 Å². The Balaban J connectivity index is 2.18. The minimum atomic E-state index is -3.61. The summed E-state index contributed by atoms with van der Waals surface area (Å²) in [6.45, 7) is 4.28. The maximum atomic E-state index is 13.7. The molecule has 0 aliphatic carbocycles. The first kappa shape index (κ1) is 17.1. The third-order valence-electron chi connectivity index (χ3n) is 4.23. The van der Waals surface area contributed by atoms with Crippen molar-refractivity contribution in [2.24, 2.45) is 5.41 Å². The number of piperidine rings is 1. The smallest absolute Gasteiger partial charge is 0.218 e. The van der Waals surface area contributed by atoms with E-state index in [4.69, 9.17) is 0 Å². The third kappa shape index (κ3) is 3.74. The molecular formula is C16H22FNO3S. The predicted octanol–water partition coefficient (Wildman–Crippen LogP) is 2.31. The second-order valence-electron chi connectivity index (χ2n) is 5.94. The van der Waals surface area contributed by atoms with E-state index in [1.54, 1.807) is 12.1 Å². The van der Waals surface area contributed by atoms with Gasteiger partial charge in [0.05, 0.1) is 12.4 Å². The zero-order valence-electron chi connectivity index (χ0n) is 12.5. The maximum absolute atomic E-state index is 13.7. The summed E-state index contributed by atoms with van der Waals surface area (Å²) in [5, 5.41) is 9.66. The Morgan fingerprint density at radius 2 is 2.14 bits per heavy atom. The Hall–Kier alpha value is -1.24. The molecule has 1 aliphatic heterocycles. The number of sulfonamides is 1. The standard InChI is InChI=1S/C16H22FNO3S/c1-2-8-16(13-19)9-5-10-18(12-16)22(20,21)11-14-6-3-4-7-15(14)17/h2-4,6-7,19H,1,5,8-13H2/t16-/m1/s1. The Morgan fingerprint density at radius 3 is 2.77 bits per heavy atom. The van der Waals surface area contributed by atoms with Gasteiger partial charge in [0.25, 0.3) is 0 Å². The lowest BCUT2D eigenvalue weighted by atomic mass is 9.79. The van der Waals surface area contributed by atoms with Crippen molar-refractivity contribution in [1.82, 2.24) is 4.31 Å². The zero-order chi connectivity index (χ0) is 16.2. The molecule has 0 spiro atoms. The number of aliphatic hydroxyl groups is 1. The van der Waals surface area contributed by atoms with Gasteiger partial charge in [-0.2, -0.15) is 0 Å².